The van der Waals surface area contributed by atoms with Crippen LogP contribution in [0.2, 0.25) is 0 Å². The number of benzene rings is 1. The van der Waals surface area contributed by atoms with Crippen LogP contribution in [-0.4, -0.2) is 28.4 Å². The first kappa shape index (κ1) is 18.7. The lowest BCUT2D eigenvalue weighted by Crippen LogP contribution is -2.54. The molecule has 5 rings (SSSR count). The number of rotatable bonds is 3. The Morgan fingerprint density at radius 2 is 1.97 bits per heavy atom. The highest BCUT2D eigenvalue weighted by Gasteiger charge is 2.54. The minimum absolute atomic E-state index is 0.0141. The number of anilines is 1. The molecule has 2 saturated carbocycles. The lowest BCUT2D eigenvalue weighted by molar-refractivity contribution is 0.215. The van der Waals surface area contributed by atoms with Gasteiger partial charge >= 0.3 is 5.69 Å². The third-order valence-electron chi connectivity index (χ3n) is 7.37. The topological polar surface area (TPSA) is 99.3 Å². The monoisotopic (exact) mass is 401 g/mol. The van der Waals surface area contributed by atoms with Crippen LogP contribution in [0.1, 0.15) is 50.6 Å². The number of nitrogens with zero attached hydrogens (tertiary/aromatic N) is 3. The van der Waals surface area contributed by atoms with Crippen LogP contribution in [0.15, 0.2) is 15.7 Å². The van der Waals surface area contributed by atoms with E-state index >= 15 is 4.39 Å². The largest absolute Gasteiger partial charge is 0.367 e. The van der Waals surface area contributed by atoms with Gasteiger partial charge in [-0.15, -0.1) is 0 Å². The summed E-state index contributed by atoms with van der Waals surface area (Å²) in [6, 6.07) is 1.24. The van der Waals surface area contributed by atoms with Crippen LogP contribution in [0.5, 0.6) is 0 Å². The molecule has 1 aromatic carbocycles. The molecular weight excluding hydrogens is 373 g/mol. The third-order valence-corrected chi connectivity index (χ3v) is 7.37. The van der Waals surface area contributed by atoms with Crippen molar-refractivity contribution >= 4 is 16.6 Å². The van der Waals surface area contributed by atoms with Crippen LogP contribution in [0.4, 0.5) is 10.1 Å². The molecule has 29 heavy (non-hydrogen) atoms. The molecule has 1 saturated heterocycles. The SMILES string of the molecule is CC[C@@H]1C(N)CN(c2c(F)cc3c(=O)n(N)c(=O)n(C4CC4)c3c2C)CC12CC2. The fourth-order valence-electron chi connectivity index (χ4n) is 5.71. The molecule has 8 heteroatoms. The van der Waals surface area contributed by atoms with Gasteiger partial charge in [0.15, 0.2) is 0 Å². The summed E-state index contributed by atoms with van der Waals surface area (Å²) < 4.78 is 17.5. The quantitative estimate of drug-likeness (QED) is 0.762. The van der Waals surface area contributed by atoms with E-state index in [9.17, 15) is 9.59 Å². The summed E-state index contributed by atoms with van der Waals surface area (Å²) in [5.41, 5.74) is 7.09. The van der Waals surface area contributed by atoms with Crippen molar-refractivity contribution in [1.82, 2.24) is 9.24 Å². The number of aromatic nitrogens is 2. The molecule has 3 fully saturated rings. The van der Waals surface area contributed by atoms with Gasteiger partial charge in [-0.2, -0.15) is 4.68 Å². The van der Waals surface area contributed by atoms with E-state index in [-0.39, 0.29) is 22.9 Å². The predicted octanol–water partition coefficient (Wildman–Crippen LogP) is 1.61. The molecule has 1 unspecified atom stereocenters. The molecule has 0 amide bonds. The van der Waals surface area contributed by atoms with Gasteiger partial charge in [0, 0.05) is 30.7 Å². The molecule has 2 atom stereocenters. The van der Waals surface area contributed by atoms with E-state index in [0.717, 1.165) is 38.6 Å². The summed E-state index contributed by atoms with van der Waals surface area (Å²) in [6.07, 6.45) is 4.99. The maximum Gasteiger partial charge on any atom is 0.350 e. The van der Waals surface area contributed by atoms with Gasteiger partial charge in [-0.25, -0.2) is 9.18 Å². The second kappa shape index (κ2) is 6.08. The highest BCUT2D eigenvalue weighted by molar-refractivity contribution is 5.87. The molecule has 2 heterocycles. The summed E-state index contributed by atoms with van der Waals surface area (Å²) in [4.78, 5) is 27.4. The predicted molar refractivity (Wildman–Crippen MR) is 111 cm³/mol. The number of fused-ring (bicyclic) bond motifs is 1. The van der Waals surface area contributed by atoms with Crippen molar-refractivity contribution in [3.8, 4) is 0 Å². The molecule has 0 bridgehead atoms. The minimum atomic E-state index is -0.657. The smallest absolute Gasteiger partial charge is 0.350 e. The zero-order valence-corrected chi connectivity index (χ0v) is 16.9. The first-order valence-electron chi connectivity index (χ1n) is 10.5. The summed E-state index contributed by atoms with van der Waals surface area (Å²) >= 11 is 0. The van der Waals surface area contributed by atoms with Crippen molar-refractivity contribution in [2.75, 3.05) is 23.8 Å². The van der Waals surface area contributed by atoms with E-state index < -0.39 is 17.1 Å². The third kappa shape index (κ3) is 2.57. The van der Waals surface area contributed by atoms with Gasteiger partial charge in [-0.05, 0) is 50.0 Å². The highest BCUT2D eigenvalue weighted by Crippen LogP contribution is 2.57. The number of halogens is 1. The molecule has 4 N–H and O–H groups in total. The van der Waals surface area contributed by atoms with E-state index in [1.54, 1.807) is 11.5 Å². The van der Waals surface area contributed by atoms with Crippen LogP contribution < -0.4 is 27.7 Å². The Bertz CT molecular complexity index is 1130. The highest BCUT2D eigenvalue weighted by atomic mass is 19.1. The molecule has 7 nitrogen and oxygen atoms in total. The zero-order valence-electron chi connectivity index (χ0n) is 16.9. The van der Waals surface area contributed by atoms with Crippen LogP contribution in [0, 0.1) is 24.1 Å². The van der Waals surface area contributed by atoms with Gasteiger partial charge in [0.2, 0.25) is 0 Å². The Morgan fingerprint density at radius 3 is 2.55 bits per heavy atom. The number of nitrogens with two attached hydrogens (primary N) is 2. The van der Waals surface area contributed by atoms with Crippen molar-refractivity contribution < 1.29 is 4.39 Å². The average Bonchev–Trinajstić information content (AvgIpc) is 3.58. The van der Waals surface area contributed by atoms with E-state index in [4.69, 9.17) is 11.6 Å². The van der Waals surface area contributed by atoms with Crippen LogP contribution in [0.25, 0.3) is 10.9 Å². The standard InChI is InChI=1S/C21H28FN5O2/c1-3-14-16(23)9-25(10-21(14)6-7-21)18-11(2)17-13(8-15(18)22)19(28)27(24)20(29)26(17)12-4-5-12/h8,12,14,16H,3-7,9-10,23-24H2,1-2H3/t14-,16?/m1/s1. The first-order chi connectivity index (χ1) is 13.8. The van der Waals surface area contributed by atoms with Gasteiger partial charge in [0.05, 0.1) is 16.6 Å². The first-order valence-corrected chi connectivity index (χ1v) is 10.5. The lowest BCUT2D eigenvalue weighted by atomic mass is 9.77. The fraction of sp³-hybridized carbons (Fsp3) is 0.619. The molecule has 3 aliphatic rings. The van der Waals surface area contributed by atoms with Crippen molar-refractivity contribution in [1.29, 1.82) is 0 Å². The summed E-state index contributed by atoms with van der Waals surface area (Å²) in [5, 5.41) is 0.159. The number of hydrogen-bond acceptors (Lipinski definition) is 5. The van der Waals surface area contributed by atoms with Crippen LogP contribution >= 0.6 is 0 Å². The van der Waals surface area contributed by atoms with Crippen LogP contribution in [0.3, 0.4) is 0 Å². The van der Waals surface area contributed by atoms with E-state index in [1.165, 1.54) is 6.07 Å². The number of nitrogen functional groups attached to an aromatic ring is 1. The van der Waals surface area contributed by atoms with Crippen molar-refractivity contribution in [3.05, 3.63) is 38.3 Å². The van der Waals surface area contributed by atoms with Gasteiger partial charge in [-0.1, -0.05) is 13.3 Å². The second-order valence-electron chi connectivity index (χ2n) is 9.21. The summed E-state index contributed by atoms with van der Waals surface area (Å²) in [5.74, 6) is 5.71. The molecule has 1 aromatic heterocycles. The molecule has 1 spiro atoms. The molecular formula is C21H28FN5O2. The summed E-state index contributed by atoms with van der Waals surface area (Å²) in [6.45, 7) is 5.32. The lowest BCUT2D eigenvalue weighted by Gasteiger charge is -2.44. The Labute approximate surface area is 168 Å². The average molecular weight is 401 g/mol. The number of hydrogen-bond donors (Lipinski definition) is 2. The fourth-order valence-corrected chi connectivity index (χ4v) is 5.71. The minimum Gasteiger partial charge on any atom is -0.367 e. The van der Waals surface area contributed by atoms with E-state index in [0.29, 0.717) is 33.9 Å². The molecule has 1 aliphatic heterocycles. The number of piperidine rings is 1. The van der Waals surface area contributed by atoms with Gasteiger partial charge in [0.25, 0.3) is 5.56 Å². The van der Waals surface area contributed by atoms with Gasteiger partial charge in [0.1, 0.15) is 5.82 Å². The van der Waals surface area contributed by atoms with Crippen molar-refractivity contribution in [3.63, 3.8) is 0 Å². The molecule has 2 aromatic rings. The Balaban J connectivity index is 1.72. The van der Waals surface area contributed by atoms with Crippen molar-refractivity contribution in [2.45, 2.75) is 58.0 Å². The van der Waals surface area contributed by atoms with E-state index in [2.05, 4.69) is 6.92 Å². The Morgan fingerprint density at radius 1 is 1.28 bits per heavy atom. The molecule has 156 valence electrons. The second-order valence-corrected chi connectivity index (χ2v) is 9.21. The van der Waals surface area contributed by atoms with Gasteiger partial charge in [-0.3, -0.25) is 9.36 Å². The van der Waals surface area contributed by atoms with E-state index in [1.807, 2.05) is 4.90 Å². The Hall–Kier alpha value is -2.35. The van der Waals surface area contributed by atoms with Crippen molar-refractivity contribution in [2.24, 2.45) is 17.1 Å². The maximum atomic E-state index is 15.3. The number of aryl methyl sites for hydroxylation is 1. The Kier molecular flexibility index (Phi) is 3.91. The molecule has 0 radical (unpaired) electrons. The summed E-state index contributed by atoms with van der Waals surface area (Å²) in [7, 11) is 0. The zero-order chi connectivity index (χ0) is 20.7. The molecule has 2 aliphatic carbocycles. The van der Waals surface area contributed by atoms with Crippen LogP contribution in [-0.2, 0) is 0 Å². The van der Waals surface area contributed by atoms with Gasteiger partial charge < -0.3 is 16.5 Å². The normalized spacial score (nSPS) is 25.7. The maximum absolute atomic E-state index is 15.3.